The summed E-state index contributed by atoms with van der Waals surface area (Å²) in [4.78, 5) is 0. The fourth-order valence-electron chi connectivity index (χ4n) is 3.55. The maximum Gasteiger partial charge on any atom is 0.126 e. The third kappa shape index (κ3) is 3.00. The maximum absolute atomic E-state index is 13.5. The molecule has 0 spiro atoms. The molecular weight excluding hydrogens is 237 g/mol. The highest BCUT2D eigenvalue weighted by Crippen LogP contribution is 2.48. The first kappa shape index (κ1) is 14.5. The summed E-state index contributed by atoms with van der Waals surface area (Å²) in [5.41, 5.74) is 2.35. The third-order valence-electron chi connectivity index (χ3n) is 4.71. The Labute approximate surface area is 116 Å². The second-order valence-electron chi connectivity index (χ2n) is 6.53. The molecule has 2 unspecified atom stereocenters. The van der Waals surface area contributed by atoms with Gasteiger partial charge in [-0.3, -0.25) is 0 Å². The van der Waals surface area contributed by atoms with Gasteiger partial charge >= 0.3 is 0 Å². The Hall–Kier alpha value is -0.890. The van der Waals surface area contributed by atoms with Crippen molar-refractivity contribution in [3.63, 3.8) is 0 Å². The summed E-state index contributed by atoms with van der Waals surface area (Å²) in [5.74, 6) is 0.530. The lowest BCUT2D eigenvalue weighted by atomic mass is 9.75. The lowest BCUT2D eigenvalue weighted by molar-refractivity contribution is 0.199. The zero-order chi connectivity index (χ0) is 14.0. The van der Waals surface area contributed by atoms with Crippen molar-refractivity contribution in [3.8, 4) is 0 Å². The van der Waals surface area contributed by atoms with E-state index in [0.717, 1.165) is 12.1 Å². The number of hydrogen-bond donors (Lipinski definition) is 1. The van der Waals surface area contributed by atoms with Gasteiger partial charge in [-0.15, -0.1) is 0 Å². The second kappa shape index (κ2) is 5.62. The molecule has 0 amide bonds. The summed E-state index contributed by atoms with van der Waals surface area (Å²) in [7, 11) is 0. The van der Waals surface area contributed by atoms with Gasteiger partial charge in [-0.25, -0.2) is 4.39 Å². The topological polar surface area (TPSA) is 12.0 Å². The minimum atomic E-state index is -0.107. The van der Waals surface area contributed by atoms with Crippen molar-refractivity contribution in [2.45, 2.75) is 53.0 Å². The Morgan fingerprint density at radius 2 is 2.16 bits per heavy atom. The van der Waals surface area contributed by atoms with Crippen LogP contribution in [0.1, 0.15) is 57.2 Å². The SMILES string of the molecule is CCNC(c1ccc(F)c(C)c1)C1CCCC1(C)C. The van der Waals surface area contributed by atoms with E-state index < -0.39 is 0 Å². The van der Waals surface area contributed by atoms with E-state index >= 15 is 0 Å². The van der Waals surface area contributed by atoms with Crippen LogP contribution in [-0.2, 0) is 0 Å². The Bertz CT molecular complexity index is 439. The highest BCUT2D eigenvalue weighted by atomic mass is 19.1. The van der Waals surface area contributed by atoms with Crippen LogP contribution < -0.4 is 5.32 Å². The smallest absolute Gasteiger partial charge is 0.126 e. The summed E-state index contributed by atoms with van der Waals surface area (Å²) in [6.45, 7) is 9.68. The monoisotopic (exact) mass is 263 g/mol. The first-order chi connectivity index (χ1) is 8.95. The maximum atomic E-state index is 13.5. The highest BCUT2D eigenvalue weighted by Gasteiger charge is 2.39. The molecule has 2 atom stereocenters. The molecule has 1 aromatic carbocycles. The number of halogens is 1. The van der Waals surface area contributed by atoms with Crippen LogP contribution in [-0.4, -0.2) is 6.54 Å². The second-order valence-corrected chi connectivity index (χ2v) is 6.53. The van der Waals surface area contributed by atoms with E-state index in [1.54, 1.807) is 6.07 Å². The van der Waals surface area contributed by atoms with Gasteiger partial charge < -0.3 is 5.32 Å². The van der Waals surface area contributed by atoms with Crippen LogP contribution in [0.5, 0.6) is 0 Å². The largest absolute Gasteiger partial charge is 0.310 e. The summed E-state index contributed by atoms with van der Waals surface area (Å²) in [5, 5.41) is 3.62. The quantitative estimate of drug-likeness (QED) is 0.836. The van der Waals surface area contributed by atoms with Crippen molar-refractivity contribution in [1.82, 2.24) is 5.32 Å². The molecule has 1 aliphatic rings. The van der Waals surface area contributed by atoms with E-state index in [-0.39, 0.29) is 5.82 Å². The van der Waals surface area contributed by atoms with Crippen molar-refractivity contribution in [3.05, 3.63) is 35.1 Å². The number of rotatable bonds is 4. The molecule has 1 N–H and O–H groups in total. The summed E-state index contributed by atoms with van der Waals surface area (Å²) in [6.07, 6.45) is 3.86. The van der Waals surface area contributed by atoms with E-state index in [4.69, 9.17) is 0 Å². The van der Waals surface area contributed by atoms with Gasteiger partial charge in [-0.2, -0.15) is 0 Å². The average molecular weight is 263 g/mol. The average Bonchev–Trinajstić information content (AvgIpc) is 2.70. The molecule has 106 valence electrons. The Morgan fingerprint density at radius 3 is 2.68 bits per heavy atom. The number of hydrogen-bond acceptors (Lipinski definition) is 1. The Kier molecular flexibility index (Phi) is 4.29. The van der Waals surface area contributed by atoms with Gasteiger partial charge in [0.05, 0.1) is 0 Å². The van der Waals surface area contributed by atoms with E-state index in [2.05, 4.69) is 26.1 Å². The molecule has 2 rings (SSSR count). The minimum Gasteiger partial charge on any atom is -0.310 e. The predicted octanol–water partition coefficient (Wildman–Crippen LogP) is 4.61. The first-order valence-electron chi connectivity index (χ1n) is 7.45. The fraction of sp³-hybridized carbons (Fsp3) is 0.647. The van der Waals surface area contributed by atoms with Crippen LogP contribution in [0.2, 0.25) is 0 Å². The van der Waals surface area contributed by atoms with Crippen LogP contribution in [0.15, 0.2) is 18.2 Å². The lowest BCUT2D eigenvalue weighted by Crippen LogP contribution is -2.34. The predicted molar refractivity (Wildman–Crippen MR) is 78.7 cm³/mol. The zero-order valence-electron chi connectivity index (χ0n) is 12.6. The van der Waals surface area contributed by atoms with E-state index in [1.807, 2.05) is 19.1 Å². The van der Waals surface area contributed by atoms with E-state index in [1.165, 1.54) is 24.8 Å². The summed E-state index contributed by atoms with van der Waals surface area (Å²) < 4.78 is 13.5. The first-order valence-corrected chi connectivity index (χ1v) is 7.45. The molecular formula is C17H26FN. The standard InChI is InChI=1S/C17H26FN/c1-5-19-16(14-7-6-10-17(14,3)4)13-8-9-15(18)12(2)11-13/h8-9,11,14,16,19H,5-7,10H2,1-4H3. The van der Waals surface area contributed by atoms with Crippen LogP contribution >= 0.6 is 0 Å². The van der Waals surface area contributed by atoms with Crippen LogP contribution in [0.25, 0.3) is 0 Å². The van der Waals surface area contributed by atoms with Gasteiger partial charge in [0.1, 0.15) is 5.82 Å². The molecule has 0 aliphatic heterocycles. The van der Waals surface area contributed by atoms with Gasteiger partial charge in [-0.1, -0.05) is 39.3 Å². The van der Waals surface area contributed by atoms with Crippen LogP contribution in [0.3, 0.4) is 0 Å². The molecule has 0 radical (unpaired) electrons. The molecule has 0 bridgehead atoms. The molecule has 1 nitrogen and oxygen atoms in total. The number of aryl methyl sites for hydroxylation is 1. The van der Waals surface area contributed by atoms with Gasteiger partial charge in [-0.05, 0) is 54.8 Å². The summed E-state index contributed by atoms with van der Waals surface area (Å²) >= 11 is 0. The van der Waals surface area contributed by atoms with Crippen molar-refractivity contribution in [1.29, 1.82) is 0 Å². The molecule has 1 aliphatic carbocycles. The molecule has 1 fully saturated rings. The van der Waals surface area contributed by atoms with E-state index in [0.29, 0.717) is 17.4 Å². The number of benzene rings is 1. The van der Waals surface area contributed by atoms with Crippen LogP contribution in [0.4, 0.5) is 4.39 Å². The molecule has 19 heavy (non-hydrogen) atoms. The minimum absolute atomic E-state index is 0.107. The molecule has 1 saturated carbocycles. The van der Waals surface area contributed by atoms with Crippen LogP contribution in [0, 0.1) is 24.1 Å². The molecule has 0 saturated heterocycles. The Balaban J connectivity index is 2.31. The van der Waals surface area contributed by atoms with Gasteiger partial charge in [0.15, 0.2) is 0 Å². The lowest BCUT2D eigenvalue weighted by Gasteiger charge is -2.35. The van der Waals surface area contributed by atoms with E-state index in [9.17, 15) is 4.39 Å². The Morgan fingerprint density at radius 1 is 1.42 bits per heavy atom. The van der Waals surface area contributed by atoms with Crippen molar-refractivity contribution < 1.29 is 4.39 Å². The fourth-order valence-corrected chi connectivity index (χ4v) is 3.55. The van der Waals surface area contributed by atoms with Gasteiger partial charge in [0.2, 0.25) is 0 Å². The zero-order valence-corrected chi connectivity index (χ0v) is 12.6. The summed E-state index contributed by atoms with van der Waals surface area (Å²) in [6, 6.07) is 5.92. The van der Waals surface area contributed by atoms with Crippen molar-refractivity contribution in [2.24, 2.45) is 11.3 Å². The molecule has 2 heteroatoms. The normalized spacial score (nSPS) is 23.5. The molecule has 0 aromatic heterocycles. The highest BCUT2D eigenvalue weighted by molar-refractivity contribution is 5.27. The van der Waals surface area contributed by atoms with Crippen molar-refractivity contribution >= 4 is 0 Å². The van der Waals surface area contributed by atoms with Gasteiger partial charge in [0.25, 0.3) is 0 Å². The van der Waals surface area contributed by atoms with Crippen molar-refractivity contribution in [2.75, 3.05) is 6.54 Å². The molecule has 1 aromatic rings. The van der Waals surface area contributed by atoms with Gasteiger partial charge in [0, 0.05) is 6.04 Å². The number of nitrogens with one attached hydrogen (secondary N) is 1. The third-order valence-corrected chi connectivity index (χ3v) is 4.71. The molecule has 0 heterocycles.